The van der Waals surface area contributed by atoms with E-state index >= 15 is 0 Å². The van der Waals surface area contributed by atoms with E-state index in [1.54, 1.807) is 11.9 Å². The molecular weight excluding hydrogens is 212 g/mol. The van der Waals surface area contributed by atoms with Crippen LogP contribution in [0.3, 0.4) is 0 Å². The fourth-order valence-electron chi connectivity index (χ4n) is 1.81. The van der Waals surface area contributed by atoms with Crippen LogP contribution in [0.25, 0.3) is 0 Å². The molecule has 1 N–H and O–H groups in total. The van der Waals surface area contributed by atoms with Gasteiger partial charge in [-0.2, -0.15) is 0 Å². The molecule has 0 bridgehead atoms. The highest BCUT2D eigenvalue weighted by Gasteiger charge is 2.24. The highest BCUT2D eigenvalue weighted by atomic mass is 35.5. The lowest BCUT2D eigenvalue weighted by Gasteiger charge is -2.12. The number of carbonyl (C=O) groups excluding carboxylic acids is 1. The highest BCUT2D eigenvalue weighted by molar-refractivity contribution is 6.20. The SMILES string of the molecule is CNC(Cl)c1ccc2c(c1)CC(=O)N2C. The van der Waals surface area contributed by atoms with Crippen LogP contribution >= 0.6 is 11.6 Å². The summed E-state index contributed by atoms with van der Waals surface area (Å²) in [5, 5.41) is 2.96. The number of nitrogens with one attached hydrogen (secondary N) is 1. The van der Waals surface area contributed by atoms with Crippen molar-refractivity contribution in [2.24, 2.45) is 0 Å². The van der Waals surface area contributed by atoms with E-state index in [1.165, 1.54) is 0 Å². The van der Waals surface area contributed by atoms with Crippen molar-refractivity contribution < 1.29 is 4.79 Å². The standard InChI is InChI=1S/C11H13ClN2O/c1-13-11(12)7-3-4-9-8(5-7)6-10(15)14(9)2/h3-5,11,13H,6H2,1-2H3. The molecule has 0 saturated heterocycles. The molecule has 2 rings (SSSR count). The first-order valence-electron chi connectivity index (χ1n) is 4.84. The molecule has 1 aliphatic rings. The van der Waals surface area contributed by atoms with Crippen molar-refractivity contribution in [1.29, 1.82) is 0 Å². The van der Waals surface area contributed by atoms with E-state index in [9.17, 15) is 4.79 Å². The zero-order chi connectivity index (χ0) is 11.0. The van der Waals surface area contributed by atoms with E-state index in [1.807, 2.05) is 25.2 Å². The average molecular weight is 225 g/mol. The van der Waals surface area contributed by atoms with Gasteiger partial charge in [-0.05, 0) is 24.2 Å². The summed E-state index contributed by atoms with van der Waals surface area (Å²) < 4.78 is 0. The smallest absolute Gasteiger partial charge is 0.231 e. The maximum absolute atomic E-state index is 11.5. The maximum Gasteiger partial charge on any atom is 0.231 e. The lowest BCUT2D eigenvalue weighted by Crippen LogP contribution is -2.20. The second-order valence-corrected chi connectivity index (χ2v) is 4.11. The third-order valence-electron chi connectivity index (χ3n) is 2.73. The largest absolute Gasteiger partial charge is 0.315 e. The van der Waals surface area contributed by atoms with Crippen molar-refractivity contribution in [3.8, 4) is 0 Å². The highest BCUT2D eigenvalue weighted by Crippen LogP contribution is 2.30. The Labute approximate surface area is 94.0 Å². The minimum Gasteiger partial charge on any atom is -0.315 e. The molecule has 0 spiro atoms. The molecule has 80 valence electrons. The van der Waals surface area contributed by atoms with Crippen LogP contribution in [0.1, 0.15) is 16.6 Å². The monoisotopic (exact) mass is 224 g/mol. The number of carbonyl (C=O) groups is 1. The van der Waals surface area contributed by atoms with E-state index in [2.05, 4.69) is 5.32 Å². The summed E-state index contributed by atoms with van der Waals surface area (Å²) in [4.78, 5) is 13.1. The molecule has 1 amide bonds. The van der Waals surface area contributed by atoms with Crippen molar-refractivity contribution in [2.45, 2.75) is 11.9 Å². The molecule has 3 nitrogen and oxygen atoms in total. The summed E-state index contributed by atoms with van der Waals surface area (Å²) in [5.41, 5.74) is 2.85. The number of hydrogen-bond acceptors (Lipinski definition) is 2. The Morgan fingerprint density at radius 1 is 1.53 bits per heavy atom. The Bertz CT molecular complexity index is 406. The average Bonchev–Trinajstić information content (AvgIpc) is 2.53. The van der Waals surface area contributed by atoms with Crippen molar-refractivity contribution in [1.82, 2.24) is 5.32 Å². The van der Waals surface area contributed by atoms with Gasteiger partial charge in [-0.15, -0.1) is 11.6 Å². The summed E-state index contributed by atoms with van der Waals surface area (Å²) in [6.07, 6.45) is 0.479. The first kappa shape index (κ1) is 10.5. The molecule has 1 aliphatic heterocycles. The lowest BCUT2D eigenvalue weighted by molar-refractivity contribution is -0.117. The molecular formula is C11H13ClN2O. The second kappa shape index (κ2) is 3.83. The van der Waals surface area contributed by atoms with Crippen LogP contribution in [0, 0.1) is 0 Å². The minimum atomic E-state index is -0.198. The van der Waals surface area contributed by atoms with Crippen LogP contribution in [0.15, 0.2) is 18.2 Å². The zero-order valence-electron chi connectivity index (χ0n) is 8.75. The van der Waals surface area contributed by atoms with Crippen molar-refractivity contribution in [3.05, 3.63) is 29.3 Å². The summed E-state index contributed by atoms with van der Waals surface area (Å²) in [6.45, 7) is 0. The van der Waals surface area contributed by atoms with Crippen LogP contribution in [0.5, 0.6) is 0 Å². The van der Waals surface area contributed by atoms with E-state index < -0.39 is 0 Å². The maximum atomic E-state index is 11.5. The number of rotatable bonds is 2. The van der Waals surface area contributed by atoms with Gasteiger partial charge in [-0.1, -0.05) is 12.1 Å². The Kier molecular flexibility index (Phi) is 2.67. The van der Waals surface area contributed by atoms with Crippen LogP contribution < -0.4 is 10.2 Å². The van der Waals surface area contributed by atoms with E-state index in [-0.39, 0.29) is 11.4 Å². The van der Waals surface area contributed by atoms with Gasteiger partial charge in [0.15, 0.2) is 0 Å². The third-order valence-corrected chi connectivity index (χ3v) is 3.20. The van der Waals surface area contributed by atoms with Crippen LogP contribution in [0.4, 0.5) is 5.69 Å². The molecule has 1 unspecified atom stereocenters. The molecule has 15 heavy (non-hydrogen) atoms. The topological polar surface area (TPSA) is 32.3 Å². The first-order chi connectivity index (χ1) is 7.13. The van der Waals surface area contributed by atoms with Gasteiger partial charge in [0.2, 0.25) is 5.91 Å². The number of anilines is 1. The fraction of sp³-hybridized carbons (Fsp3) is 0.364. The van der Waals surface area contributed by atoms with Gasteiger partial charge < -0.3 is 10.2 Å². The predicted molar refractivity (Wildman–Crippen MR) is 61.2 cm³/mol. The second-order valence-electron chi connectivity index (χ2n) is 3.67. The summed E-state index contributed by atoms with van der Waals surface area (Å²) in [6, 6.07) is 5.88. The van der Waals surface area contributed by atoms with Gasteiger partial charge in [0, 0.05) is 12.7 Å². The van der Waals surface area contributed by atoms with Gasteiger partial charge >= 0.3 is 0 Å². The van der Waals surface area contributed by atoms with Gasteiger partial charge in [-0.3, -0.25) is 4.79 Å². The normalized spacial score (nSPS) is 16.7. The Morgan fingerprint density at radius 2 is 2.27 bits per heavy atom. The van der Waals surface area contributed by atoms with E-state index in [0.29, 0.717) is 6.42 Å². The number of halogens is 1. The Balaban J connectivity index is 2.37. The minimum absolute atomic E-state index is 0.137. The van der Waals surface area contributed by atoms with Gasteiger partial charge in [0.25, 0.3) is 0 Å². The van der Waals surface area contributed by atoms with E-state index in [0.717, 1.165) is 16.8 Å². The quantitative estimate of drug-likeness (QED) is 0.612. The van der Waals surface area contributed by atoms with Crippen molar-refractivity contribution >= 4 is 23.2 Å². The van der Waals surface area contributed by atoms with Gasteiger partial charge in [-0.25, -0.2) is 0 Å². The molecule has 1 heterocycles. The summed E-state index contributed by atoms with van der Waals surface area (Å²) in [5.74, 6) is 0.137. The van der Waals surface area contributed by atoms with Crippen molar-refractivity contribution in [2.75, 3.05) is 19.0 Å². The van der Waals surface area contributed by atoms with Crippen LogP contribution in [-0.4, -0.2) is 20.0 Å². The number of nitrogens with zero attached hydrogens (tertiary/aromatic N) is 1. The Hall–Kier alpha value is -1.06. The third kappa shape index (κ3) is 1.73. The van der Waals surface area contributed by atoms with E-state index in [4.69, 9.17) is 11.6 Å². The number of likely N-dealkylation sites (N-methyl/N-ethyl adjacent to an activating group) is 1. The van der Waals surface area contributed by atoms with Crippen LogP contribution in [-0.2, 0) is 11.2 Å². The Morgan fingerprint density at radius 3 is 2.93 bits per heavy atom. The molecule has 1 aromatic carbocycles. The van der Waals surface area contributed by atoms with Crippen molar-refractivity contribution in [3.63, 3.8) is 0 Å². The first-order valence-corrected chi connectivity index (χ1v) is 5.28. The predicted octanol–water partition coefficient (Wildman–Crippen LogP) is 1.66. The molecule has 0 fully saturated rings. The molecule has 1 atom stereocenters. The zero-order valence-corrected chi connectivity index (χ0v) is 9.51. The molecule has 0 aromatic heterocycles. The number of alkyl halides is 1. The van der Waals surface area contributed by atoms with Gasteiger partial charge in [0.1, 0.15) is 5.50 Å². The molecule has 1 aromatic rings. The molecule has 4 heteroatoms. The number of amides is 1. The molecule has 0 aliphatic carbocycles. The number of fused-ring (bicyclic) bond motifs is 1. The van der Waals surface area contributed by atoms with Gasteiger partial charge in [0.05, 0.1) is 6.42 Å². The summed E-state index contributed by atoms with van der Waals surface area (Å²) >= 11 is 6.06. The fourth-order valence-corrected chi connectivity index (χ4v) is 1.95. The van der Waals surface area contributed by atoms with Crippen LogP contribution in [0.2, 0.25) is 0 Å². The summed E-state index contributed by atoms with van der Waals surface area (Å²) in [7, 11) is 3.60. The number of hydrogen-bond donors (Lipinski definition) is 1. The lowest BCUT2D eigenvalue weighted by atomic mass is 10.1. The molecule has 0 saturated carbocycles. The molecule has 0 radical (unpaired) electrons. The number of benzene rings is 1.